The van der Waals surface area contributed by atoms with Crippen molar-refractivity contribution in [2.75, 3.05) is 0 Å². The molecule has 1 saturated carbocycles. The van der Waals surface area contributed by atoms with Crippen LogP contribution in [0.4, 0.5) is 0 Å². The summed E-state index contributed by atoms with van der Waals surface area (Å²) in [6.45, 7) is 3.04. The highest BCUT2D eigenvalue weighted by molar-refractivity contribution is 7.15. The van der Waals surface area contributed by atoms with Crippen LogP contribution in [0.15, 0.2) is 30.5 Å². The van der Waals surface area contributed by atoms with Gasteiger partial charge in [0.2, 0.25) is 0 Å². The van der Waals surface area contributed by atoms with Crippen LogP contribution in [0, 0.1) is 6.92 Å². The van der Waals surface area contributed by atoms with Crippen molar-refractivity contribution < 1.29 is 0 Å². The van der Waals surface area contributed by atoms with E-state index in [1.807, 2.05) is 6.20 Å². The topological polar surface area (TPSA) is 24.9 Å². The Labute approximate surface area is 106 Å². The van der Waals surface area contributed by atoms with E-state index in [0.29, 0.717) is 0 Å². The second-order valence-electron chi connectivity index (χ2n) is 4.64. The van der Waals surface area contributed by atoms with E-state index in [0.717, 1.165) is 12.6 Å². The summed E-state index contributed by atoms with van der Waals surface area (Å²) in [7, 11) is 0. The summed E-state index contributed by atoms with van der Waals surface area (Å²) < 4.78 is 0. The Morgan fingerprint density at radius 1 is 1.41 bits per heavy atom. The second kappa shape index (κ2) is 4.59. The van der Waals surface area contributed by atoms with Gasteiger partial charge < -0.3 is 5.32 Å². The Kier molecular flexibility index (Phi) is 2.95. The molecule has 1 aliphatic carbocycles. The van der Waals surface area contributed by atoms with Gasteiger partial charge in [0.05, 0.1) is 4.88 Å². The van der Waals surface area contributed by atoms with Crippen LogP contribution in [-0.2, 0) is 6.54 Å². The van der Waals surface area contributed by atoms with Crippen LogP contribution in [0.5, 0.6) is 0 Å². The Morgan fingerprint density at radius 2 is 2.29 bits per heavy atom. The lowest BCUT2D eigenvalue weighted by Crippen LogP contribution is -2.14. The normalized spacial score (nSPS) is 15.1. The van der Waals surface area contributed by atoms with Crippen LogP contribution in [0.1, 0.15) is 23.4 Å². The van der Waals surface area contributed by atoms with Gasteiger partial charge in [0.15, 0.2) is 0 Å². The van der Waals surface area contributed by atoms with Gasteiger partial charge in [-0.1, -0.05) is 29.8 Å². The van der Waals surface area contributed by atoms with Crippen molar-refractivity contribution in [2.24, 2.45) is 0 Å². The van der Waals surface area contributed by atoms with Crippen LogP contribution in [-0.4, -0.2) is 11.0 Å². The minimum atomic E-state index is 0.751. The predicted octanol–water partition coefficient (Wildman–Crippen LogP) is 3.37. The van der Waals surface area contributed by atoms with Gasteiger partial charge in [-0.25, -0.2) is 4.98 Å². The Morgan fingerprint density at radius 3 is 3.06 bits per heavy atom. The van der Waals surface area contributed by atoms with E-state index in [9.17, 15) is 0 Å². The molecular formula is C14H16N2S. The first-order valence-corrected chi connectivity index (χ1v) is 6.88. The van der Waals surface area contributed by atoms with Crippen LogP contribution >= 0.6 is 11.3 Å². The molecule has 2 nitrogen and oxygen atoms in total. The molecule has 0 radical (unpaired) electrons. The van der Waals surface area contributed by atoms with Crippen molar-refractivity contribution in [1.29, 1.82) is 0 Å². The van der Waals surface area contributed by atoms with Crippen molar-refractivity contribution in [3.05, 3.63) is 41.0 Å². The van der Waals surface area contributed by atoms with Gasteiger partial charge in [-0.05, 0) is 25.3 Å². The van der Waals surface area contributed by atoms with Crippen molar-refractivity contribution in [3.63, 3.8) is 0 Å². The fourth-order valence-electron chi connectivity index (χ4n) is 1.84. The average molecular weight is 244 g/mol. The van der Waals surface area contributed by atoms with E-state index in [1.54, 1.807) is 11.3 Å². The molecule has 0 amide bonds. The molecule has 1 N–H and O–H groups in total. The highest BCUT2D eigenvalue weighted by atomic mass is 32.1. The van der Waals surface area contributed by atoms with Gasteiger partial charge >= 0.3 is 0 Å². The van der Waals surface area contributed by atoms with Crippen molar-refractivity contribution in [1.82, 2.24) is 10.3 Å². The summed E-state index contributed by atoms with van der Waals surface area (Å²) in [5.41, 5.74) is 2.58. The van der Waals surface area contributed by atoms with E-state index >= 15 is 0 Å². The molecule has 1 heterocycles. The van der Waals surface area contributed by atoms with E-state index in [-0.39, 0.29) is 0 Å². The molecule has 0 aliphatic heterocycles. The monoisotopic (exact) mass is 244 g/mol. The minimum Gasteiger partial charge on any atom is -0.308 e. The number of nitrogens with one attached hydrogen (secondary N) is 1. The lowest BCUT2D eigenvalue weighted by molar-refractivity contribution is 0.684. The summed E-state index contributed by atoms with van der Waals surface area (Å²) in [5.74, 6) is 0. The maximum absolute atomic E-state index is 4.48. The lowest BCUT2D eigenvalue weighted by atomic mass is 10.1. The summed E-state index contributed by atoms with van der Waals surface area (Å²) in [4.78, 5) is 5.74. The molecule has 3 heteroatoms. The van der Waals surface area contributed by atoms with Crippen LogP contribution in [0.25, 0.3) is 10.4 Å². The Hall–Kier alpha value is -1.19. The molecule has 0 bridgehead atoms. The average Bonchev–Trinajstić information content (AvgIpc) is 3.04. The third-order valence-electron chi connectivity index (χ3n) is 2.98. The molecule has 2 aromatic rings. The van der Waals surface area contributed by atoms with Gasteiger partial charge in [-0.2, -0.15) is 0 Å². The summed E-state index contributed by atoms with van der Waals surface area (Å²) in [6, 6.07) is 9.35. The highest BCUT2D eigenvalue weighted by Gasteiger charge is 2.20. The Balaban J connectivity index is 1.74. The van der Waals surface area contributed by atoms with Gasteiger partial charge in [-0.3, -0.25) is 0 Å². The van der Waals surface area contributed by atoms with Gasteiger partial charge in [-0.15, -0.1) is 11.3 Å². The first-order valence-electron chi connectivity index (χ1n) is 6.06. The van der Waals surface area contributed by atoms with E-state index in [4.69, 9.17) is 0 Å². The summed E-state index contributed by atoms with van der Waals surface area (Å²) in [5, 5.41) is 4.69. The smallest absolute Gasteiger partial charge is 0.107 e. The standard InChI is InChI=1S/C14H16N2S/c1-10-3-2-4-11(7-10)13-8-16-14(17-13)9-15-12-5-6-12/h2-4,7-8,12,15H,5-6,9H2,1H3. The molecule has 0 atom stereocenters. The highest BCUT2D eigenvalue weighted by Crippen LogP contribution is 2.27. The third-order valence-corrected chi connectivity index (χ3v) is 4.02. The number of thiazole rings is 1. The SMILES string of the molecule is Cc1cccc(-c2cnc(CNC3CC3)s2)c1. The number of hydrogen-bond acceptors (Lipinski definition) is 3. The number of aryl methyl sites for hydroxylation is 1. The maximum atomic E-state index is 4.48. The zero-order valence-electron chi connectivity index (χ0n) is 9.94. The number of nitrogens with zero attached hydrogens (tertiary/aromatic N) is 1. The largest absolute Gasteiger partial charge is 0.308 e. The lowest BCUT2D eigenvalue weighted by Gasteiger charge is -1.98. The fraction of sp³-hybridized carbons (Fsp3) is 0.357. The number of rotatable bonds is 4. The molecule has 0 saturated heterocycles. The van der Waals surface area contributed by atoms with Crippen LogP contribution < -0.4 is 5.32 Å². The molecule has 0 unspecified atom stereocenters. The second-order valence-corrected chi connectivity index (χ2v) is 5.76. The number of benzene rings is 1. The predicted molar refractivity (Wildman–Crippen MR) is 72.1 cm³/mol. The molecule has 17 heavy (non-hydrogen) atoms. The molecular weight excluding hydrogens is 228 g/mol. The van der Waals surface area contributed by atoms with Crippen molar-refractivity contribution in [2.45, 2.75) is 32.4 Å². The molecule has 1 aromatic carbocycles. The zero-order chi connectivity index (χ0) is 11.7. The molecule has 1 fully saturated rings. The van der Waals surface area contributed by atoms with Gasteiger partial charge in [0, 0.05) is 18.8 Å². The minimum absolute atomic E-state index is 0.751. The fourth-order valence-corrected chi connectivity index (χ4v) is 2.71. The molecule has 88 valence electrons. The first-order chi connectivity index (χ1) is 8.31. The first kappa shape index (κ1) is 10.9. The van der Waals surface area contributed by atoms with Crippen molar-refractivity contribution >= 4 is 11.3 Å². The summed E-state index contributed by atoms with van der Waals surface area (Å²) in [6.07, 6.45) is 4.65. The molecule has 0 spiro atoms. The van der Waals surface area contributed by atoms with E-state index in [2.05, 4.69) is 41.5 Å². The Bertz CT molecular complexity index is 514. The van der Waals surface area contributed by atoms with Crippen LogP contribution in [0.2, 0.25) is 0 Å². The zero-order valence-corrected chi connectivity index (χ0v) is 10.8. The quantitative estimate of drug-likeness (QED) is 0.892. The summed E-state index contributed by atoms with van der Waals surface area (Å²) >= 11 is 1.79. The maximum Gasteiger partial charge on any atom is 0.107 e. The van der Waals surface area contributed by atoms with Crippen LogP contribution in [0.3, 0.4) is 0 Å². The van der Waals surface area contributed by atoms with Gasteiger partial charge in [0.1, 0.15) is 5.01 Å². The number of aromatic nitrogens is 1. The molecule has 1 aliphatic rings. The molecule has 3 rings (SSSR count). The van der Waals surface area contributed by atoms with Crippen molar-refractivity contribution in [3.8, 4) is 10.4 Å². The van der Waals surface area contributed by atoms with E-state index in [1.165, 1.54) is 33.9 Å². The van der Waals surface area contributed by atoms with E-state index < -0.39 is 0 Å². The van der Waals surface area contributed by atoms with Gasteiger partial charge in [0.25, 0.3) is 0 Å². The number of hydrogen-bond donors (Lipinski definition) is 1. The third kappa shape index (κ3) is 2.73. The molecule has 1 aromatic heterocycles.